The molecule has 2 aliphatic rings. The van der Waals surface area contributed by atoms with E-state index in [1.165, 1.54) is 24.2 Å². The molecule has 32 heavy (non-hydrogen) atoms. The van der Waals surface area contributed by atoms with Crippen molar-refractivity contribution in [3.05, 3.63) is 65.6 Å². The lowest BCUT2D eigenvalue weighted by Gasteiger charge is -2.23. The molecule has 1 N–H and O–H groups in total. The molecular formula is C23H20FN5O3. The first-order valence-electron chi connectivity index (χ1n) is 10.0. The van der Waals surface area contributed by atoms with E-state index in [1.54, 1.807) is 43.3 Å². The summed E-state index contributed by atoms with van der Waals surface area (Å²) in [6, 6.07) is 10.7. The van der Waals surface area contributed by atoms with Crippen LogP contribution in [0.2, 0.25) is 0 Å². The molecule has 0 fully saturated rings. The molecular weight excluding hydrogens is 413 g/mol. The van der Waals surface area contributed by atoms with Crippen molar-refractivity contribution in [2.45, 2.75) is 31.5 Å². The Morgan fingerprint density at radius 3 is 2.78 bits per heavy atom. The van der Waals surface area contributed by atoms with Crippen molar-refractivity contribution >= 4 is 23.3 Å². The Morgan fingerprint density at radius 1 is 1.31 bits per heavy atom. The third kappa shape index (κ3) is 4.07. The number of nitriles is 1. The van der Waals surface area contributed by atoms with Crippen LogP contribution in [0.1, 0.15) is 18.1 Å². The van der Waals surface area contributed by atoms with Crippen molar-refractivity contribution in [2.75, 3.05) is 11.9 Å². The van der Waals surface area contributed by atoms with E-state index >= 15 is 0 Å². The summed E-state index contributed by atoms with van der Waals surface area (Å²) in [5, 5.41) is 11.5. The number of nitrogens with zero attached hydrogens (tertiary/aromatic N) is 4. The highest BCUT2D eigenvalue weighted by molar-refractivity contribution is 6.45. The number of likely N-dealkylation sites (N-methyl/N-ethyl adjacent to an activating group) is 1. The lowest BCUT2D eigenvalue weighted by atomic mass is 10.1. The van der Waals surface area contributed by atoms with E-state index in [4.69, 9.17) is 10.00 Å². The van der Waals surface area contributed by atoms with Crippen LogP contribution in [0.25, 0.3) is 0 Å². The van der Waals surface area contributed by atoms with Crippen LogP contribution < -0.4 is 15.0 Å². The minimum Gasteiger partial charge on any atom is -0.484 e. The fourth-order valence-corrected chi connectivity index (χ4v) is 3.64. The fraction of sp³-hybridized carbons (Fsp3) is 0.261. The maximum atomic E-state index is 14.5. The number of carbonyl (C=O) groups excluding carboxylic acids is 2. The molecule has 0 radical (unpaired) electrons. The van der Waals surface area contributed by atoms with E-state index in [0.717, 1.165) is 5.56 Å². The van der Waals surface area contributed by atoms with Crippen LogP contribution in [0, 0.1) is 11.3 Å². The molecule has 4 rings (SSSR count). The van der Waals surface area contributed by atoms with Crippen LogP contribution in [0.4, 0.5) is 10.2 Å². The Bertz CT molecular complexity index is 1170. The molecule has 2 aromatic rings. The molecule has 0 spiro atoms. The minimum absolute atomic E-state index is 0.341. The normalized spacial score (nSPS) is 22.1. The zero-order valence-corrected chi connectivity index (χ0v) is 17.4. The number of halogens is 1. The van der Waals surface area contributed by atoms with Crippen LogP contribution in [-0.4, -0.2) is 47.7 Å². The second-order valence-corrected chi connectivity index (χ2v) is 7.57. The number of aromatic nitrogens is 1. The molecule has 1 aromatic carbocycles. The highest BCUT2D eigenvalue weighted by Crippen LogP contribution is 2.29. The van der Waals surface area contributed by atoms with Gasteiger partial charge in [0.1, 0.15) is 12.1 Å². The van der Waals surface area contributed by atoms with Gasteiger partial charge in [0.25, 0.3) is 11.8 Å². The summed E-state index contributed by atoms with van der Waals surface area (Å²) < 4.78 is 20.3. The van der Waals surface area contributed by atoms with Crippen molar-refractivity contribution in [2.24, 2.45) is 4.99 Å². The van der Waals surface area contributed by atoms with E-state index in [9.17, 15) is 14.0 Å². The van der Waals surface area contributed by atoms with Crippen LogP contribution >= 0.6 is 0 Å². The summed E-state index contributed by atoms with van der Waals surface area (Å²) in [5.74, 6) is -1.20. The third-order valence-corrected chi connectivity index (χ3v) is 5.34. The number of benzene rings is 1. The van der Waals surface area contributed by atoms with E-state index < -0.39 is 35.8 Å². The molecule has 0 saturated carbocycles. The number of hydrogen-bond acceptors (Lipinski definition) is 6. The minimum atomic E-state index is -1.05. The number of aliphatic imine (C=N–C) groups is 1. The van der Waals surface area contributed by atoms with Gasteiger partial charge >= 0.3 is 0 Å². The zero-order valence-electron chi connectivity index (χ0n) is 17.4. The van der Waals surface area contributed by atoms with Gasteiger partial charge in [-0.3, -0.25) is 19.5 Å². The molecule has 2 amide bonds. The summed E-state index contributed by atoms with van der Waals surface area (Å²) in [6.07, 6.45) is 2.48. The van der Waals surface area contributed by atoms with Crippen molar-refractivity contribution in [3.8, 4) is 11.8 Å². The Hall–Kier alpha value is -4.06. The van der Waals surface area contributed by atoms with Gasteiger partial charge in [-0.05, 0) is 49.2 Å². The van der Waals surface area contributed by atoms with Crippen molar-refractivity contribution in [1.29, 1.82) is 5.26 Å². The monoisotopic (exact) mass is 433 g/mol. The largest absolute Gasteiger partial charge is 0.484 e. The summed E-state index contributed by atoms with van der Waals surface area (Å²) >= 11 is 0. The predicted molar refractivity (Wildman–Crippen MR) is 115 cm³/mol. The molecule has 1 aromatic heterocycles. The first kappa shape index (κ1) is 21.2. The van der Waals surface area contributed by atoms with E-state index in [-0.39, 0.29) is 5.71 Å². The van der Waals surface area contributed by atoms with Gasteiger partial charge in [-0.1, -0.05) is 12.1 Å². The predicted octanol–water partition coefficient (Wildman–Crippen LogP) is 2.10. The first-order valence-corrected chi connectivity index (χ1v) is 10.0. The van der Waals surface area contributed by atoms with E-state index in [0.29, 0.717) is 23.6 Å². The molecule has 8 nitrogen and oxygen atoms in total. The third-order valence-electron chi connectivity index (χ3n) is 5.34. The topological polar surface area (TPSA) is 108 Å². The van der Waals surface area contributed by atoms with Crippen molar-refractivity contribution in [3.63, 3.8) is 0 Å². The van der Waals surface area contributed by atoms with Crippen LogP contribution in [-0.2, 0) is 16.0 Å². The first-order chi connectivity index (χ1) is 15.4. The Morgan fingerprint density at radius 2 is 2.06 bits per heavy atom. The number of ether oxygens (including phenoxy) is 1. The highest BCUT2D eigenvalue weighted by Gasteiger charge is 2.38. The number of hydrogen-bond donors (Lipinski definition) is 1. The molecule has 2 aliphatic heterocycles. The summed E-state index contributed by atoms with van der Waals surface area (Å²) in [5.41, 5.74) is 1.03. The van der Waals surface area contributed by atoms with Gasteiger partial charge in [-0.2, -0.15) is 5.26 Å². The summed E-state index contributed by atoms with van der Waals surface area (Å²) in [4.78, 5) is 35.4. The van der Waals surface area contributed by atoms with Gasteiger partial charge < -0.3 is 10.1 Å². The van der Waals surface area contributed by atoms with Gasteiger partial charge in [-0.15, -0.1) is 0 Å². The maximum Gasteiger partial charge on any atom is 0.273 e. The number of anilines is 1. The van der Waals surface area contributed by atoms with Gasteiger partial charge in [0.15, 0.2) is 23.1 Å². The fourth-order valence-electron chi connectivity index (χ4n) is 3.64. The summed E-state index contributed by atoms with van der Waals surface area (Å²) in [7, 11) is 1.54. The Balaban J connectivity index is 1.48. The Labute approximate surface area is 184 Å². The average Bonchev–Trinajstić information content (AvgIpc) is 3.13. The molecule has 3 atom stereocenters. The van der Waals surface area contributed by atoms with Crippen LogP contribution in [0.3, 0.4) is 0 Å². The van der Waals surface area contributed by atoms with E-state index in [2.05, 4.69) is 15.3 Å². The van der Waals surface area contributed by atoms with E-state index in [1.807, 2.05) is 6.07 Å². The molecule has 162 valence electrons. The lowest BCUT2D eigenvalue weighted by molar-refractivity contribution is -0.126. The molecule has 0 aliphatic carbocycles. The van der Waals surface area contributed by atoms with Crippen molar-refractivity contribution < 1.29 is 18.7 Å². The molecule has 1 unspecified atom stereocenters. The Kier molecular flexibility index (Phi) is 5.69. The zero-order chi connectivity index (χ0) is 22.8. The van der Waals surface area contributed by atoms with Gasteiger partial charge in [0, 0.05) is 13.2 Å². The second kappa shape index (κ2) is 8.59. The number of carbonyl (C=O) groups is 2. The lowest BCUT2D eigenvalue weighted by Crippen LogP contribution is -2.54. The van der Waals surface area contributed by atoms with Crippen LogP contribution in [0.5, 0.6) is 5.75 Å². The summed E-state index contributed by atoms with van der Waals surface area (Å²) in [6.45, 7) is 1.65. The standard InChI is InChI=1S/C23H20FN5O3/c1-13-19(23(31)29(2)21-18(32-13)4-3-9-26-21)28-22(30)20-17(24)11-16(27-20)10-14-5-7-15(12-25)8-6-14/h3-9,11,13,16,19H,10H2,1-2H3,(H,28,30)/t13-,16?,19+/m1/s1. The second-order valence-electron chi connectivity index (χ2n) is 7.57. The van der Waals surface area contributed by atoms with Gasteiger partial charge in [0.05, 0.1) is 17.7 Å². The average molecular weight is 433 g/mol. The smallest absolute Gasteiger partial charge is 0.273 e. The van der Waals surface area contributed by atoms with Gasteiger partial charge in [0.2, 0.25) is 0 Å². The SMILES string of the molecule is C[C@H]1Oc2cccnc2N(C)C(=O)[C@H]1NC(=O)C1=NC(Cc2ccc(C#N)cc2)C=C1F. The quantitative estimate of drug-likeness (QED) is 0.795. The molecule has 0 saturated heterocycles. The highest BCUT2D eigenvalue weighted by atomic mass is 19.1. The number of nitrogens with one attached hydrogen (secondary N) is 1. The molecule has 9 heteroatoms. The number of pyridine rings is 1. The maximum absolute atomic E-state index is 14.5. The van der Waals surface area contributed by atoms with Crippen LogP contribution in [0.15, 0.2) is 59.5 Å². The molecule has 0 bridgehead atoms. The van der Waals surface area contributed by atoms with Gasteiger partial charge in [-0.25, -0.2) is 9.37 Å². The number of rotatable bonds is 4. The van der Waals surface area contributed by atoms with Crippen molar-refractivity contribution in [1.82, 2.24) is 10.3 Å². The number of fused-ring (bicyclic) bond motifs is 1. The molecule has 3 heterocycles. The number of amides is 2.